The summed E-state index contributed by atoms with van der Waals surface area (Å²) >= 11 is 6.06. The predicted molar refractivity (Wildman–Crippen MR) is 77.8 cm³/mol. The normalized spacial score (nSPS) is 14.3. The van der Waals surface area contributed by atoms with Gasteiger partial charge in [0, 0.05) is 41.7 Å². The predicted octanol–water partition coefficient (Wildman–Crippen LogP) is 3.78. The Balaban J connectivity index is 1.95. The summed E-state index contributed by atoms with van der Waals surface area (Å²) in [6, 6.07) is 6.65. The Labute approximate surface area is 122 Å². The van der Waals surface area contributed by atoms with Gasteiger partial charge in [0.2, 0.25) is 0 Å². The van der Waals surface area contributed by atoms with E-state index in [1.165, 1.54) is 18.9 Å². The molecular weight excluding hydrogens is 277 g/mol. The Morgan fingerprint density at radius 1 is 1.35 bits per heavy atom. The van der Waals surface area contributed by atoms with Crippen molar-refractivity contribution in [3.63, 3.8) is 0 Å². The Morgan fingerprint density at radius 3 is 2.80 bits per heavy atom. The van der Waals surface area contributed by atoms with Crippen LogP contribution in [0.1, 0.15) is 35.8 Å². The number of nitrogens with one attached hydrogen (secondary N) is 1. The molecule has 0 bridgehead atoms. The van der Waals surface area contributed by atoms with Crippen LogP contribution in [0, 0.1) is 5.82 Å². The van der Waals surface area contributed by atoms with Gasteiger partial charge in [-0.1, -0.05) is 17.7 Å². The molecule has 3 rings (SSSR count). The van der Waals surface area contributed by atoms with Gasteiger partial charge < -0.3 is 5.32 Å². The molecule has 20 heavy (non-hydrogen) atoms. The number of anilines is 1. The van der Waals surface area contributed by atoms with E-state index in [1.54, 1.807) is 12.1 Å². The molecule has 104 valence electrons. The summed E-state index contributed by atoms with van der Waals surface area (Å²) in [6.07, 6.45) is 2.64. The van der Waals surface area contributed by atoms with Gasteiger partial charge in [-0.2, -0.15) is 0 Å². The van der Waals surface area contributed by atoms with Crippen molar-refractivity contribution < 1.29 is 4.39 Å². The number of aromatic nitrogens is 2. The molecule has 1 aromatic carbocycles. The number of benzene rings is 1. The fourth-order valence-electron chi connectivity index (χ4n) is 2.17. The van der Waals surface area contributed by atoms with Crippen molar-refractivity contribution in [1.29, 1.82) is 0 Å². The zero-order valence-corrected chi connectivity index (χ0v) is 11.9. The van der Waals surface area contributed by atoms with Crippen molar-refractivity contribution in [2.45, 2.75) is 25.2 Å². The first-order valence-electron chi connectivity index (χ1n) is 6.66. The number of hydrogen-bond acceptors (Lipinski definition) is 3. The Hall–Kier alpha value is -1.68. The van der Waals surface area contributed by atoms with Crippen LogP contribution in [0.25, 0.3) is 0 Å². The van der Waals surface area contributed by atoms with E-state index in [2.05, 4.69) is 15.3 Å². The van der Waals surface area contributed by atoms with Crippen LogP contribution in [0.3, 0.4) is 0 Å². The van der Waals surface area contributed by atoms with Crippen LogP contribution in [0.15, 0.2) is 24.3 Å². The standard InChI is InChI=1S/C15H15ClFN3/c1-18-14-8-13(9-5-6-9)19-15(20-14)7-10-11(16)3-2-4-12(10)17/h2-4,8-9H,5-7H2,1H3,(H,18,19,20). The minimum Gasteiger partial charge on any atom is -0.373 e. The molecule has 1 aliphatic rings. The van der Waals surface area contributed by atoms with Crippen molar-refractivity contribution in [1.82, 2.24) is 9.97 Å². The molecule has 0 radical (unpaired) electrons. The van der Waals surface area contributed by atoms with Crippen LogP contribution < -0.4 is 5.32 Å². The second-order valence-electron chi connectivity index (χ2n) is 5.00. The van der Waals surface area contributed by atoms with Crippen molar-refractivity contribution >= 4 is 17.4 Å². The molecule has 2 aromatic rings. The minimum atomic E-state index is -0.316. The largest absolute Gasteiger partial charge is 0.373 e. The number of halogens is 2. The monoisotopic (exact) mass is 291 g/mol. The highest BCUT2D eigenvalue weighted by Gasteiger charge is 2.26. The third kappa shape index (κ3) is 2.75. The molecule has 3 nitrogen and oxygen atoms in total. The fraction of sp³-hybridized carbons (Fsp3) is 0.333. The van der Waals surface area contributed by atoms with E-state index in [9.17, 15) is 4.39 Å². The van der Waals surface area contributed by atoms with Gasteiger partial charge in [-0.15, -0.1) is 0 Å². The smallest absolute Gasteiger partial charge is 0.135 e. The zero-order chi connectivity index (χ0) is 14.1. The summed E-state index contributed by atoms with van der Waals surface area (Å²) in [5.41, 5.74) is 1.48. The van der Waals surface area contributed by atoms with Gasteiger partial charge in [-0.05, 0) is 25.0 Å². The number of rotatable bonds is 4. The van der Waals surface area contributed by atoms with Gasteiger partial charge >= 0.3 is 0 Å². The first-order valence-corrected chi connectivity index (χ1v) is 7.03. The van der Waals surface area contributed by atoms with Crippen LogP contribution in [0.4, 0.5) is 10.2 Å². The number of nitrogens with zero attached hydrogens (tertiary/aromatic N) is 2. The van der Waals surface area contributed by atoms with Crippen LogP contribution >= 0.6 is 11.6 Å². The van der Waals surface area contributed by atoms with E-state index in [4.69, 9.17) is 11.6 Å². The molecule has 0 aliphatic heterocycles. The highest BCUT2D eigenvalue weighted by atomic mass is 35.5. The summed E-state index contributed by atoms with van der Waals surface area (Å²) in [7, 11) is 1.82. The van der Waals surface area contributed by atoms with Crippen molar-refractivity contribution in [2.24, 2.45) is 0 Å². The molecule has 0 amide bonds. The second-order valence-corrected chi connectivity index (χ2v) is 5.40. The van der Waals surface area contributed by atoms with Gasteiger partial charge in [0.15, 0.2) is 0 Å². The highest BCUT2D eigenvalue weighted by Crippen LogP contribution is 2.39. The third-order valence-electron chi connectivity index (χ3n) is 3.44. The lowest BCUT2D eigenvalue weighted by Crippen LogP contribution is -2.05. The first kappa shape index (κ1) is 13.3. The second kappa shape index (κ2) is 5.37. The molecule has 1 saturated carbocycles. The summed E-state index contributed by atoms with van der Waals surface area (Å²) in [5.74, 6) is 1.58. The van der Waals surface area contributed by atoms with Crippen LogP contribution in [-0.2, 0) is 6.42 Å². The summed E-state index contributed by atoms with van der Waals surface area (Å²) in [6.45, 7) is 0. The van der Waals surface area contributed by atoms with E-state index in [0.29, 0.717) is 28.7 Å². The average Bonchev–Trinajstić information content (AvgIpc) is 3.27. The topological polar surface area (TPSA) is 37.8 Å². The Morgan fingerprint density at radius 2 is 2.15 bits per heavy atom. The first-order chi connectivity index (χ1) is 9.67. The highest BCUT2D eigenvalue weighted by molar-refractivity contribution is 6.31. The maximum Gasteiger partial charge on any atom is 0.135 e. The maximum atomic E-state index is 13.8. The molecular formula is C15H15ClFN3. The fourth-order valence-corrected chi connectivity index (χ4v) is 2.40. The number of hydrogen-bond donors (Lipinski definition) is 1. The van der Waals surface area contributed by atoms with E-state index in [-0.39, 0.29) is 5.82 Å². The van der Waals surface area contributed by atoms with Crippen LogP contribution in [-0.4, -0.2) is 17.0 Å². The molecule has 1 aromatic heterocycles. The van der Waals surface area contributed by atoms with E-state index in [0.717, 1.165) is 11.5 Å². The molecule has 0 unspecified atom stereocenters. The van der Waals surface area contributed by atoms with Crippen molar-refractivity contribution in [3.8, 4) is 0 Å². The van der Waals surface area contributed by atoms with Gasteiger partial charge in [0.1, 0.15) is 17.5 Å². The molecule has 1 aliphatic carbocycles. The summed E-state index contributed by atoms with van der Waals surface area (Å²) in [4.78, 5) is 8.94. The van der Waals surface area contributed by atoms with E-state index in [1.807, 2.05) is 13.1 Å². The molecule has 0 spiro atoms. The van der Waals surface area contributed by atoms with E-state index < -0.39 is 0 Å². The lowest BCUT2D eigenvalue weighted by molar-refractivity contribution is 0.612. The van der Waals surface area contributed by atoms with E-state index >= 15 is 0 Å². The zero-order valence-electron chi connectivity index (χ0n) is 11.2. The van der Waals surface area contributed by atoms with Gasteiger partial charge in [0.25, 0.3) is 0 Å². The van der Waals surface area contributed by atoms with Crippen molar-refractivity contribution in [2.75, 3.05) is 12.4 Å². The molecule has 5 heteroatoms. The lowest BCUT2D eigenvalue weighted by Gasteiger charge is -2.09. The molecule has 1 N–H and O–H groups in total. The molecule has 1 fully saturated rings. The maximum absolute atomic E-state index is 13.8. The Kier molecular flexibility index (Phi) is 3.57. The van der Waals surface area contributed by atoms with Gasteiger partial charge in [-0.3, -0.25) is 0 Å². The lowest BCUT2D eigenvalue weighted by atomic mass is 10.1. The minimum absolute atomic E-state index is 0.306. The molecule has 0 saturated heterocycles. The summed E-state index contributed by atoms with van der Waals surface area (Å²) < 4.78 is 13.8. The quantitative estimate of drug-likeness (QED) is 0.931. The SMILES string of the molecule is CNc1cc(C2CC2)nc(Cc2c(F)cccc2Cl)n1. The van der Waals surface area contributed by atoms with Crippen molar-refractivity contribution in [3.05, 3.63) is 52.2 Å². The van der Waals surface area contributed by atoms with Gasteiger partial charge in [0.05, 0.1) is 0 Å². The average molecular weight is 292 g/mol. The van der Waals surface area contributed by atoms with Gasteiger partial charge in [-0.25, -0.2) is 14.4 Å². The molecule has 1 heterocycles. The third-order valence-corrected chi connectivity index (χ3v) is 3.79. The van der Waals surface area contributed by atoms with Crippen LogP contribution in [0.2, 0.25) is 5.02 Å². The Bertz CT molecular complexity index is 621. The van der Waals surface area contributed by atoms with Crippen LogP contribution in [0.5, 0.6) is 0 Å². The molecule has 0 atom stereocenters. The summed E-state index contributed by atoms with van der Waals surface area (Å²) in [5, 5.41) is 3.44.